The molecule has 1 aromatic heterocycles. The molecule has 0 fully saturated rings. The molecule has 0 aliphatic rings. The smallest absolute Gasteiger partial charge is 0.151 e. The van der Waals surface area contributed by atoms with Crippen molar-refractivity contribution >= 4 is 33.2 Å². The Labute approximate surface area is 101 Å². The third-order valence-electron chi connectivity index (χ3n) is 2.02. The lowest BCUT2D eigenvalue weighted by molar-refractivity contribution is 1.33. The Morgan fingerprint density at radius 1 is 1.20 bits per heavy atom. The van der Waals surface area contributed by atoms with Gasteiger partial charge in [0, 0.05) is 16.2 Å². The van der Waals surface area contributed by atoms with Crippen molar-refractivity contribution in [2.75, 3.05) is 5.73 Å². The number of anilines is 1. The summed E-state index contributed by atoms with van der Waals surface area (Å²) in [4.78, 5) is 4.01. The molecule has 0 saturated carbocycles. The minimum Gasteiger partial charge on any atom is -0.396 e. The molecule has 0 radical (unpaired) electrons. The summed E-state index contributed by atoms with van der Waals surface area (Å²) in [5, 5.41) is 0.341. The van der Waals surface area contributed by atoms with Crippen molar-refractivity contribution in [3.05, 3.63) is 46.2 Å². The standard InChI is InChI=1S/C11H8BrClN2/c12-9-3-1-2-7(4-9)8-5-10(14)11(13)15-6-8/h1-6H,14H2. The maximum Gasteiger partial charge on any atom is 0.151 e. The molecule has 2 aromatic rings. The maximum atomic E-state index is 5.75. The molecule has 2 nitrogen and oxygen atoms in total. The van der Waals surface area contributed by atoms with Crippen LogP contribution in [0.1, 0.15) is 0 Å². The minimum atomic E-state index is 0.341. The van der Waals surface area contributed by atoms with Crippen LogP contribution in [0.5, 0.6) is 0 Å². The number of hydrogen-bond donors (Lipinski definition) is 1. The van der Waals surface area contributed by atoms with Crippen LogP contribution < -0.4 is 5.73 Å². The maximum absolute atomic E-state index is 5.75. The number of benzene rings is 1. The third-order valence-corrected chi connectivity index (χ3v) is 2.83. The second-order valence-electron chi connectivity index (χ2n) is 3.11. The van der Waals surface area contributed by atoms with Crippen LogP contribution in [0, 0.1) is 0 Å². The van der Waals surface area contributed by atoms with E-state index in [2.05, 4.69) is 20.9 Å². The van der Waals surface area contributed by atoms with E-state index in [1.54, 1.807) is 6.20 Å². The molecule has 0 amide bonds. The Balaban J connectivity index is 2.50. The number of rotatable bonds is 1. The molecule has 0 spiro atoms. The molecule has 0 bridgehead atoms. The van der Waals surface area contributed by atoms with Crippen molar-refractivity contribution in [2.45, 2.75) is 0 Å². The first-order valence-corrected chi connectivity index (χ1v) is 5.51. The summed E-state index contributed by atoms with van der Waals surface area (Å²) in [7, 11) is 0. The van der Waals surface area contributed by atoms with Gasteiger partial charge in [-0.2, -0.15) is 0 Å². The lowest BCUT2D eigenvalue weighted by atomic mass is 10.1. The van der Waals surface area contributed by atoms with Crippen molar-refractivity contribution in [1.29, 1.82) is 0 Å². The second-order valence-corrected chi connectivity index (χ2v) is 4.39. The first-order valence-electron chi connectivity index (χ1n) is 4.34. The highest BCUT2D eigenvalue weighted by Crippen LogP contribution is 2.26. The van der Waals surface area contributed by atoms with Gasteiger partial charge in [0.15, 0.2) is 5.15 Å². The van der Waals surface area contributed by atoms with Gasteiger partial charge in [0.25, 0.3) is 0 Å². The fourth-order valence-corrected chi connectivity index (χ4v) is 1.79. The fraction of sp³-hybridized carbons (Fsp3) is 0. The lowest BCUT2D eigenvalue weighted by Gasteiger charge is -2.03. The number of halogens is 2. The van der Waals surface area contributed by atoms with E-state index in [4.69, 9.17) is 17.3 Å². The Morgan fingerprint density at radius 2 is 2.00 bits per heavy atom. The molecule has 15 heavy (non-hydrogen) atoms. The van der Waals surface area contributed by atoms with Crippen LogP contribution in [0.3, 0.4) is 0 Å². The van der Waals surface area contributed by atoms with Gasteiger partial charge in [-0.3, -0.25) is 0 Å². The van der Waals surface area contributed by atoms with Gasteiger partial charge >= 0.3 is 0 Å². The van der Waals surface area contributed by atoms with Crippen LogP contribution in [0.4, 0.5) is 5.69 Å². The zero-order valence-corrected chi connectivity index (χ0v) is 10.1. The Hall–Kier alpha value is -1.06. The molecule has 1 heterocycles. The van der Waals surface area contributed by atoms with Gasteiger partial charge in [-0.25, -0.2) is 4.98 Å². The van der Waals surface area contributed by atoms with Crippen LogP contribution in [0.15, 0.2) is 41.0 Å². The SMILES string of the molecule is Nc1cc(-c2cccc(Br)c2)cnc1Cl. The molecule has 0 atom stereocenters. The topological polar surface area (TPSA) is 38.9 Å². The molecule has 2 rings (SSSR count). The quantitative estimate of drug-likeness (QED) is 0.810. The summed E-state index contributed by atoms with van der Waals surface area (Å²) in [6, 6.07) is 9.75. The molecular weight excluding hydrogens is 275 g/mol. The summed E-state index contributed by atoms with van der Waals surface area (Å²) in [6.45, 7) is 0. The molecule has 76 valence electrons. The van der Waals surface area contributed by atoms with E-state index in [1.807, 2.05) is 30.3 Å². The molecule has 0 saturated heterocycles. The second kappa shape index (κ2) is 4.21. The zero-order chi connectivity index (χ0) is 10.8. The highest BCUT2D eigenvalue weighted by Gasteiger charge is 2.02. The van der Waals surface area contributed by atoms with Gasteiger partial charge in [0.05, 0.1) is 5.69 Å². The monoisotopic (exact) mass is 282 g/mol. The molecule has 0 aliphatic heterocycles. The summed E-state index contributed by atoms with van der Waals surface area (Å²) < 4.78 is 1.02. The molecule has 4 heteroatoms. The van der Waals surface area contributed by atoms with Crippen LogP contribution in [0.25, 0.3) is 11.1 Å². The van der Waals surface area contributed by atoms with Gasteiger partial charge in [-0.1, -0.05) is 39.7 Å². The Kier molecular flexibility index (Phi) is 2.93. The molecule has 0 aliphatic carbocycles. The van der Waals surface area contributed by atoms with Crippen molar-refractivity contribution < 1.29 is 0 Å². The molecule has 2 N–H and O–H groups in total. The van der Waals surface area contributed by atoms with Crippen LogP contribution in [0.2, 0.25) is 5.15 Å². The van der Waals surface area contributed by atoms with Gasteiger partial charge in [-0.15, -0.1) is 0 Å². The van der Waals surface area contributed by atoms with Crippen molar-refractivity contribution in [2.24, 2.45) is 0 Å². The van der Waals surface area contributed by atoms with Crippen LogP contribution >= 0.6 is 27.5 Å². The van der Waals surface area contributed by atoms with E-state index >= 15 is 0 Å². The highest BCUT2D eigenvalue weighted by atomic mass is 79.9. The van der Waals surface area contributed by atoms with Gasteiger partial charge < -0.3 is 5.73 Å². The first-order chi connectivity index (χ1) is 7.16. The van der Waals surface area contributed by atoms with E-state index in [-0.39, 0.29) is 0 Å². The summed E-state index contributed by atoms with van der Waals surface area (Å²) in [5.41, 5.74) is 8.20. The van der Waals surface area contributed by atoms with Gasteiger partial charge in [-0.05, 0) is 23.8 Å². The van der Waals surface area contributed by atoms with E-state index in [9.17, 15) is 0 Å². The van der Waals surface area contributed by atoms with Crippen molar-refractivity contribution in [1.82, 2.24) is 4.98 Å². The predicted molar refractivity (Wildman–Crippen MR) is 66.8 cm³/mol. The number of nitrogens with zero attached hydrogens (tertiary/aromatic N) is 1. The van der Waals surface area contributed by atoms with Crippen molar-refractivity contribution in [3.8, 4) is 11.1 Å². The summed E-state index contributed by atoms with van der Waals surface area (Å²) in [6.07, 6.45) is 1.71. The van der Waals surface area contributed by atoms with E-state index in [0.717, 1.165) is 15.6 Å². The van der Waals surface area contributed by atoms with Crippen LogP contribution in [-0.2, 0) is 0 Å². The lowest BCUT2D eigenvalue weighted by Crippen LogP contribution is -1.90. The Bertz CT molecular complexity index is 500. The average molecular weight is 284 g/mol. The number of aromatic nitrogens is 1. The van der Waals surface area contributed by atoms with Gasteiger partial charge in [0.1, 0.15) is 0 Å². The number of nitrogen functional groups attached to an aromatic ring is 1. The molecule has 1 aromatic carbocycles. The number of hydrogen-bond acceptors (Lipinski definition) is 2. The molecule has 0 unspecified atom stereocenters. The third kappa shape index (κ3) is 2.30. The van der Waals surface area contributed by atoms with E-state index < -0.39 is 0 Å². The minimum absolute atomic E-state index is 0.341. The van der Waals surface area contributed by atoms with Gasteiger partial charge in [0.2, 0.25) is 0 Å². The number of nitrogens with two attached hydrogens (primary N) is 1. The predicted octanol–water partition coefficient (Wildman–Crippen LogP) is 3.75. The van der Waals surface area contributed by atoms with Crippen molar-refractivity contribution in [3.63, 3.8) is 0 Å². The average Bonchev–Trinajstić information content (AvgIpc) is 2.22. The highest BCUT2D eigenvalue weighted by molar-refractivity contribution is 9.10. The first kappa shape index (κ1) is 10.5. The number of pyridine rings is 1. The van der Waals surface area contributed by atoms with Crippen LogP contribution in [-0.4, -0.2) is 4.98 Å². The summed E-state index contributed by atoms with van der Waals surface area (Å²) in [5.74, 6) is 0. The molecular formula is C11H8BrClN2. The normalized spacial score (nSPS) is 10.3. The summed E-state index contributed by atoms with van der Waals surface area (Å²) >= 11 is 9.17. The fourth-order valence-electron chi connectivity index (χ4n) is 1.29. The largest absolute Gasteiger partial charge is 0.396 e. The Morgan fingerprint density at radius 3 is 2.67 bits per heavy atom. The van der Waals surface area contributed by atoms with E-state index in [0.29, 0.717) is 10.8 Å². The zero-order valence-electron chi connectivity index (χ0n) is 7.74. The van der Waals surface area contributed by atoms with E-state index in [1.165, 1.54) is 0 Å².